The molecule has 0 fully saturated rings. The minimum Gasteiger partial charge on any atom is -0.452 e. The molecule has 0 unspecified atom stereocenters. The fraction of sp³-hybridized carbons (Fsp3) is 0.176. The Labute approximate surface area is 143 Å². The molecule has 1 aromatic carbocycles. The molecule has 1 N–H and O–H groups in total. The van der Waals surface area contributed by atoms with Gasteiger partial charge in [0.15, 0.2) is 6.61 Å². The lowest BCUT2D eigenvalue weighted by Crippen LogP contribution is -2.20. The van der Waals surface area contributed by atoms with Gasteiger partial charge in [0.25, 0.3) is 5.91 Å². The van der Waals surface area contributed by atoms with Crippen LogP contribution in [0.5, 0.6) is 0 Å². The summed E-state index contributed by atoms with van der Waals surface area (Å²) in [6.07, 6.45) is 3.00. The number of carbonyl (C=O) groups excluding carboxylic acids is 2. The van der Waals surface area contributed by atoms with Crippen LogP contribution >= 0.6 is 0 Å². The Kier molecular flexibility index (Phi) is 6.05. The Balaban J connectivity index is 1.83. The Morgan fingerprint density at radius 2 is 2.04 bits per heavy atom. The Bertz CT molecular complexity index is 809. The van der Waals surface area contributed by atoms with Gasteiger partial charge in [-0.1, -0.05) is 25.1 Å². The number of hydrogen-bond donors (Lipinski definition) is 1. The zero-order valence-electron chi connectivity index (χ0n) is 13.4. The van der Waals surface area contributed by atoms with Gasteiger partial charge >= 0.3 is 11.9 Å². The number of para-hydroxylation sites is 1. The van der Waals surface area contributed by atoms with Crippen LogP contribution in [0.15, 0.2) is 46.9 Å². The average molecular weight is 344 g/mol. The molecule has 1 heterocycles. The molecule has 8 heteroatoms. The molecule has 2 aromatic rings. The Morgan fingerprint density at radius 1 is 1.28 bits per heavy atom. The van der Waals surface area contributed by atoms with Crippen molar-refractivity contribution in [2.24, 2.45) is 0 Å². The van der Waals surface area contributed by atoms with E-state index in [2.05, 4.69) is 5.32 Å². The van der Waals surface area contributed by atoms with Gasteiger partial charge in [-0.05, 0) is 30.2 Å². The van der Waals surface area contributed by atoms with Crippen LogP contribution < -0.4 is 5.32 Å². The first kappa shape index (κ1) is 17.9. The van der Waals surface area contributed by atoms with Crippen molar-refractivity contribution < 1.29 is 23.7 Å². The summed E-state index contributed by atoms with van der Waals surface area (Å²) < 4.78 is 9.66. The summed E-state index contributed by atoms with van der Waals surface area (Å²) in [4.78, 5) is 33.2. The zero-order chi connectivity index (χ0) is 18.2. The molecule has 25 heavy (non-hydrogen) atoms. The van der Waals surface area contributed by atoms with Crippen LogP contribution in [0.2, 0.25) is 0 Å². The molecule has 130 valence electrons. The molecule has 0 saturated heterocycles. The second kappa shape index (κ2) is 8.44. The van der Waals surface area contributed by atoms with Crippen molar-refractivity contribution in [1.82, 2.24) is 0 Å². The first-order valence-electron chi connectivity index (χ1n) is 7.46. The Morgan fingerprint density at radius 3 is 2.72 bits per heavy atom. The lowest BCUT2D eigenvalue weighted by atomic mass is 10.1. The second-order valence-corrected chi connectivity index (χ2v) is 4.93. The lowest BCUT2D eigenvalue weighted by molar-refractivity contribution is -0.402. The molecule has 0 aliphatic rings. The van der Waals surface area contributed by atoms with E-state index in [0.29, 0.717) is 5.69 Å². The first-order chi connectivity index (χ1) is 12.0. The minimum atomic E-state index is -0.766. The largest absolute Gasteiger partial charge is 0.452 e. The van der Waals surface area contributed by atoms with E-state index in [1.54, 1.807) is 12.1 Å². The van der Waals surface area contributed by atoms with Crippen LogP contribution in [0, 0.1) is 10.1 Å². The van der Waals surface area contributed by atoms with Gasteiger partial charge in [0, 0.05) is 11.8 Å². The number of rotatable bonds is 7. The molecule has 0 aliphatic heterocycles. The number of carbonyl (C=O) groups is 2. The van der Waals surface area contributed by atoms with Crippen LogP contribution in [0.1, 0.15) is 18.2 Å². The number of hydrogen-bond acceptors (Lipinski definition) is 6. The highest BCUT2D eigenvalue weighted by molar-refractivity contribution is 5.95. The number of anilines is 1. The maximum Gasteiger partial charge on any atom is 0.433 e. The number of ether oxygens (including phenoxy) is 1. The maximum atomic E-state index is 11.8. The molecule has 2 rings (SSSR count). The Hall–Kier alpha value is -3.42. The van der Waals surface area contributed by atoms with Crippen LogP contribution in [0.3, 0.4) is 0 Å². The normalized spacial score (nSPS) is 10.6. The number of nitrogens with one attached hydrogen (secondary N) is 1. The van der Waals surface area contributed by atoms with Gasteiger partial charge in [0.1, 0.15) is 10.7 Å². The van der Waals surface area contributed by atoms with Crippen molar-refractivity contribution in [3.8, 4) is 0 Å². The number of amides is 1. The summed E-state index contributed by atoms with van der Waals surface area (Å²) in [6.45, 7) is 1.52. The van der Waals surface area contributed by atoms with Gasteiger partial charge in [0.05, 0.1) is 6.07 Å². The third-order valence-corrected chi connectivity index (χ3v) is 3.19. The van der Waals surface area contributed by atoms with E-state index in [1.165, 1.54) is 18.2 Å². The molecule has 0 bridgehead atoms. The van der Waals surface area contributed by atoms with E-state index in [9.17, 15) is 19.7 Å². The number of nitrogens with zero attached hydrogens (tertiary/aromatic N) is 1. The van der Waals surface area contributed by atoms with Gasteiger partial charge in [-0.25, -0.2) is 4.79 Å². The molecule has 0 aliphatic carbocycles. The predicted molar refractivity (Wildman–Crippen MR) is 89.8 cm³/mol. The van der Waals surface area contributed by atoms with E-state index >= 15 is 0 Å². The number of esters is 1. The highest BCUT2D eigenvalue weighted by atomic mass is 16.6. The molecule has 1 aromatic heterocycles. The van der Waals surface area contributed by atoms with E-state index in [4.69, 9.17) is 9.15 Å². The monoisotopic (exact) mass is 344 g/mol. The van der Waals surface area contributed by atoms with Crippen LogP contribution in [0.4, 0.5) is 11.6 Å². The summed E-state index contributed by atoms with van der Waals surface area (Å²) in [5, 5.41) is 13.1. The topological polar surface area (TPSA) is 112 Å². The lowest BCUT2D eigenvalue weighted by Gasteiger charge is -2.09. The van der Waals surface area contributed by atoms with Crippen LogP contribution in [-0.4, -0.2) is 23.4 Å². The van der Waals surface area contributed by atoms with Crippen molar-refractivity contribution in [3.63, 3.8) is 0 Å². The smallest absolute Gasteiger partial charge is 0.433 e. The quantitative estimate of drug-likeness (QED) is 0.358. The molecular formula is C17H16N2O6. The van der Waals surface area contributed by atoms with E-state index in [0.717, 1.165) is 18.1 Å². The van der Waals surface area contributed by atoms with Gasteiger partial charge in [-0.15, -0.1) is 0 Å². The van der Waals surface area contributed by atoms with Gasteiger partial charge in [-0.3, -0.25) is 14.9 Å². The van der Waals surface area contributed by atoms with Crippen molar-refractivity contribution in [2.75, 3.05) is 11.9 Å². The third kappa shape index (κ3) is 5.31. The maximum absolute atomic E-state index is 11.8. The fourth-order valence-corrected chi connectivity index (χ4v) is 2.00. The van der Waals surface area contributed by atoms with Gasteiger partial charge in [0.2, 0.25) is 0 Å². The van der Waals surface area contributed by atoms with E-state index < -0.39 is 29.3 Å². The average Bonchev–Trinajstić information content (AvgIpc) is 3.08. The number of benzene rings is 1. The standard InChI is InChI=1S/C17H16N2O6/c1-2-12-5-3-4-6-14(12)18-15(20)11-24-17(21)10-8-13-7-9-16(25-13)19(22)23/h3-10H,2,11H2,1H3,(H,18,20)/b10-8+. The zero-order valence-corrected chi connectivity index (χ0v) is 13.4. The van der Waals surface area contributed by atoms with Gasteiger partial charge in [-0.2, -0.15) is 0 Å². The molecule has 0 radical (unpaired) electrons. The first-order valence-corrected chi connectivity index (χ1v) is 7.46. The highest BCUT2D eigenvalue weighted by Crippen LogP contribution is 2.17. The molecule has 0 atom stereocenters. The van der Waals surface area contributed by atoms with E-state index in [1.807, 2.05) is 19.1 Å². The summed E-state index contributed by atoms with van der Waals surface area (Å²) in [5.74, 6) is -1.53. The summed E-state index contributed by atoms with van der Waals surface area (Å²) in [6, 6.07) is 9.85. The van der Waals surface area contributed by atoms with Crippen LogP contribution in [-0.2, 0) is 20.7 Å². The summed E-state index contributed by atoms with van der Waals surface area (Å²) >= 11 is 0. The van der Waals surface area contributed by atoms with Crippen molar-refractivity contribution in [3.05, 3.63) is 63.9 Å². The van der Waals surface area contributed by atoms with Crippen molar-refractivity contribution in [2.45, 2.75) is 13.3 Å². The third-order valence-electron chi connectivity index (χ3n) is 3.19. The van der Waals surface area contributed by atoms with Crippen LogP contribution in [0.25, 0.3) is 6.08 Å². The SMILES string of the molecule is CCc1ccccc1NC(=O)COC(=O)/C=C/c1ccc([N+](=O)[O-])o1. The highest BCUT2D eigenvalue weighted by Gasteiger charge is 2.11. The molecule has 0 saturated carbocycles. The van der Waals surface area contributed by atoms with E-state index in [-0.39, 0.29) is 5.76 Å². The minimum absolute atomic E-state index is 0.130. The number of aryl methyl sites for hydroxylation is 1. The fourth-order valence-electron chi connectivity index (χ4n) is 2.00. The van der Waals surface area contributed by atoms with Gasteiger partial charge < -0.3 is 14.5 Å². The van der Waals surface area contributed by atoms with Crippen molar-refractivity contribution >= 4 is 29.5 Å². The molecular weight excluding hydrogens is 328 g/mol. The summed E-state index contributed by atoms with van der Waals surface area (Å²) in [5.41, 5.74) is 1.64. The second-order valence-electron chi connectivity index (χ2n) is 4.93. The summed E-state index contributed by atoms with van der Waals surface area (Å²) in [7, 11) is 0. The number of furan rings is 1. The number of nitro groups is 1. The molecule has 1 amide bonds. The molecule has 0 spiro atoms. The molecule has 8 nitrogen and oxygen atoms in total. The predicted octanol–water partition coefficient (Wildman–Crippen LogP) is 2.95. The van der Waals surface area contributed by atoms with Crippen molar-refractivity contribution in [1.29, 1.82) is 0 Å².